The third kappa shape index (κ3) is 1.80. The van der Waals surface area contributed by atoms with Crippen molar-refractivity contribution in [2.45, 2.75) is 6.04 Å². The zero-order chi connectivity index (χ0) is 12.4. The molecule has 88 valence electrons. The fourth-order valence-corrected chi connectivity index (χ4v) is 1.90. The van der Waals surface area contributed by atoms with Crippen molar-refractivity contribution in [2.24, 2.45) is 5.73 Å². The molecule has 0 saturated carbocycles. The van der Waals surface area contributed by atoms with Crippen molar-refractivity contribution in [3.05, 3.63) is 60.4 Å². The molecule has 2 heterocycles. The van der Waals surface area contributed by atoms with E-state index in [1.54, 1.807) is 31.0 Å². The van der Waals surface area contributed by atoms with Gasteiger partial charge in [-0.3, -0.25) is 19.9 Å². The molecule has 18 heavy (non-hydrogen) atoms. The first-order valence-electron chi connectivity index (χ1n) is 5.57. The fraction of sp³-hybridized carbons (Fsp3) is 0.0769. The lowest BCUT2D eigenvalue weighted by Crippen LogP contribution is -2.14. The Kier molecular flexibility index (Phi) is 2.66. The summed E-state index contributed by atoms with van der Waals surface area (Å²) in [7, 11) is 0. The first-order chi connectivity index (χ1) is 8.86. The van der Waals surface area contributed by atoms with Crippen molar-refractivity contribution >= 4 is 11.0 Å². The van der Waals surface area contributed by atoms with Gasteiger partial charge in [0.25, 0.3) is 0 Å². The fourth-order valence-electron chi connectivity index (χ4n) is 1.90. The van der Waals surface area contributed by atoms with Crippen LogP contribution in [0.25, 0.3) is 11.0 Å². The van der Waals surface area contributed by atoms with E-state index >= 15 is 0 Å². The molecule has 0 aliphatic heterocycles. The van der Waals surface area contributed by atoms with Gasteiger partial charge in [0.2, 0.25) is 0 Å². The second kappa shape index (κ2) is 4.46. The van der Waals surface area contributed by atoms with E-state index in [4.69, 9.17) is 5.73 Å². The summed E-state index contributed by atoms with van der Waals surface area (Å²) in [6.45, 7) is 0. The maximum absolute atomic E-state index is 6.21. The van der Waals surface area contributed by atoms with Gasteiger partial charge in [-0.25, -0.2) is 0 Å². The van der Waals surface area contributed by atoms with Gasteiger partial charge in [0, 0.05) is 30.4 Å². The molecule has 0 fully saturated rings. The first kappa shape index (κ1) is 10.7. The molecule has 0 amide bonds. The van der Waals surface area contributed by atoms with Crippen LogP contribution in [-0.2, 0) is 0 Å². The Morgan fingerprint density at radius 1 is 0.944 bits per heavy atom. The van der Waals surface area contributed by atoms with E-state index in [9.17, 15) is 0 Å². The number of fused-ring (bicyclic) bond motifs is 1. The van der Waals surface area contributed by atoms with Crippen LogP contribution >= 0.6 is 0 Å². The maximum Gasteiger partial charge on any atom is 0.0938 e. The summed E-state index contributed by atoms with van der Waals surface area (Å²) in [5.74, 6) is 0. The van der Waals surface area contributed by atoms with Crippen molar-refractivity contribution in [1.29, 1.82) is 0 Å². The average molecular weight is 237 g/mol. The van der Waals surface area contributed by atoms with Crippen molar-refractivity contribution in [3.8, 4) is 0 Å². The number of para-hydroxylation sites is 1. The molecular weight excluding hydrogens is 226 g/mol. The Morgan fingerprint density at radius 3 is 2.61 bits per heavy atom. The Morgan fingerprint density at radius 2 is 1.78 bits per heavy atom. The number of rotatable bonds is 2. The highest BCUT2D eigenvalue weighted by Crippen LogP contribution is 2.23. The van der Waals surface area contributed by atoms with E-state index in [0.29, 0.717) is 0 Å². The number of benzene rings is 1. The normalized spacial score (nSPS) is 12.5. The number of nitrogens with two attached hydrogens (primary N) is 1. The van der Waals surface area contributed by atoms with E-state index in [0.717, 1.165) is 22.3 Å². The molecule has 5 nitrogen and oxygen atoms in total. The summed E-state index contributed by atoms with van der Waals surface area (Å²) >= 11 is 0. The van der Waals surface area contributed by atoms with Gasteiger partial charge in [-0.15, -0.1) is 0 Å². The second-order valence-corrected chi connectivity index (χ2v) is 3.88. The molecule has 2 aromatic heterocycles. The highest BCUT2D eigenvalue weighted by Gasteiger charge is 2.14. The van der Waals surface area contributed by atoms with Crippen LogP contribution in [0.2, 0.25) is 0 Å². The Labute approximate surface area is 104 Å². The summed E-state index contributed by atoms with van der Waals surface area (Å²) in [5.41, 5.74) is 9.47. The van der Waals surface area contributed by atoms with Gasteiger partial charge in [-0.05, 0) is 6.07 Å². The van der Waals surface area contributed by atoms with Crippen LogP contribution in [0.5, 0.6) is 0 Å². The molecule has 5 heteroatoms. The Balaban J connectivity index is 2.15. The molecule has 3 rings (SSSR count). The van der Waals surface area contributed by atoms with Crippen molar-refractivity contribution < 1.29 is 0 Å². The van der Waals surface area contributed by atoms with Crippen LogP contribution in [0.3, 0.4) is 0 Å². The molecule has 0 aliphatic rings. The molecule has 0 saturated heterocycles. The smallest absolute Gasteiger partial charge is 0.0938 e. The average Bonchev–Trinajstić information content (AvgIpc) is 2.47. The van der Waals surface area contributed by atoms with Crippen LogP contribution in [0, 0.1) is 0 Å². The van der Waals surface area contributed by atoms with Gasteiger partial charge < -0.3 is 5.73 Å². The number of hydrogen-bond donors (Lipinski definition) is 1. The van der Waals surface area contributed by atoms with E-state index in [1.807, 2.05) is 18.2 Å². The van der Waals surface area contributed by atoms with E-state index in [1.165, 1.54) is 0 Å². The SMILES string of the molecule is NC(c1cnccn1)c1cccc2nccnc12. The lowest BCUT2D eigenvalue weighted by molar-refractivity contribution is 0.822. The third-order valence-electron chi connectivity index (χ3n) is 2.77. The predicted molar refractivity (Wildman–Crippen MR) is 67.6 cm³/mol. The van der Waals surface area contributed by atoms with E-state index < -0.39 is 0 Å². The zero-order valence-electron chi connectivity index (χ0n) is 9.56. The standard InChI is InChI=1S/C13H11N5/c14-12(11-8-15-4-5-17-11)9-2-1-3-10-13(9)18-7-6-16-10/h1-8,12H,14H2. The van der Waals surface area contributed by atoms with Gasteiger partial charge in [-0.2, -0.15) is 0 Å². The summed E-state index contributed by atoms with van der Waals surface area (Å²) in [5, 5.41) is 0. The van der Waals surface area contributed by atoms with Gasteiger partial charge in [0.1, 0.15) is 0 Å². The van der Waals surface area contributed by atoms with Crippen LogP contribution in [0.4, 0.5) is 0 Å². The molecule has 2 N–H and O–H groups in total. The lowest BCUT2D eigenvalue weighted by Gasteiger charge is -2.12. The number of hydrogen-bond acceptors (Lipinski definition) is 5. The molecule has 1 atom stereocenters. The largest absolute Gasteiger partial charge is 0.319 e. The van der Waals surface area contributed by atoms with Crippen LogP contribution in [0.15, 0.2) is 49.2 Å². The Hall–Kier alpha value is -2.40. The first-order valence-corrected chi connectivity index (χ1v) is 5.57. The minimum absolute atomic E-state index is 0.348. The minimum Gasteiger partial charge on any atom is -0.319 e. The molecule has 1 aromatic carbocycles. The summed E-state index contributed by atoms with van der Waals surface area (Å²) < 4.78 is 0. The monoisotopic (exact) mass is 237 g/mol. The maximum atomic E-state index is 6.21. The second-order valence-electron chi connectivity index (χ2n) is 3.88. The molecule has 0 aliphatic carbocycles. The molecular formula is C13H11N5. The zero-order valence-corrected chi connectivity index (χ0v) is 9.56. The number of nitrogens with zero attached hydrogens (tertiary/aromatic N) is 4. The molecule has 1 unspecified atom stereocenters. The summed E-state index contributed by atoms with van der Waals surface area (Å²) in [6.07, 6.45) is 8.25. The molecule has 0 spiro atoms. The molecule has 0 radical (unpaired) electrons. The molecule has 0 bridgehead atoms. The van der Waals surface area contributed by atoms with Crippen molar-refractivity contribution in [1.82, 2.24) is 19.9 Å². The summed E-state index contributed by atoms with van der Waals surface area (Å²) in [4.78, 5) is 16.9. The van der Waals surface area contributed by atoms with Crippen molar-refractivity contribution in [2.75, 3.05) is 0 Å². The number of aromatic nitrogens is 4. The van der Waals surface area contributed by atoms with Crippen molar-refractivity contribution in [3.63, 3.8) is 0 Å². The topological polar surface area (TPSA) is 77.6 Å². The predicted octanol–water partition coefficient (Wildman–Crippen LogP) is 1.47. The van der Waals surface area contributed by atoms with Gasteiger partial charge in [-0.1, -0.05) is 12.1 Å². The molecule has 3 aromatic rings. The van der Waals surface area contributed by atoms with E-state index in [-0.39, 0.29) is 6.04 Å². The van der Waals surface area contributed by atoms with Crippen LogP contribution < -0.4 is 5.73 Å². The minimum atomic E-state index is -0.348. The van der Waals surface area contributed by atoms with Gasteiger partial charge in [0.15, 0.2) is 0 Å². The highest BCUT2D eigenvalue weighted by molar-refractivity contribution is 5.78. The lowest BCUT2D eigenvalue weighted by atomic mass is 10.0. The summed E-state index contributed by atoms with van der Waals surface area (Å²) in [6, 6.07) is 5.42. The van der Waals surface area contributed by atoms with E-state index in [2.05, 4.69) is 19.9 Å². The quantitative estimate of drug-likeness (QED) is 0.730. The van der Waals surface area contributed by atoms with Gasteiger partial charge in [0.05, 0.1) is 29.0 Å². The third-order valence-corrected chi connectivity index (χ3v) is 2.77. The highest BCUT2D eigenvalue weighted by atomic mass is 14.8. The van der Waals surface area contributed by atoms with Gasteiger partial charge >= 0.3 is 0 Å². The Bertz CT molecular complexity index is 663. The van der Waals surface area contributed by atoms with Crippen LogP contribution in [0.1, 0.15) is 17.3 Å². The van der Waals surface area contributed by atoms with Crippen LogP contribution in [-0.4, -0.2) is 19.9 Å².